The fourth-order valence-electron chi connectivity index (χ4n) is 4.19. The molecule has 0 unspecified atom stereocenters. The van der Waals surface area contributed by atoms with Crippen molar-refractivity contribution in [2.24, 2.45) is 11.3 Å². The predicted octanol–water partition coefficient (Wildman–Crippen LogP) is 1.43. The zero-order valence-electron chi connectivity index (χ0n) is 14.6. The standard InChI is InChI=1S/C18H20ClN3O5/c19-13-2-1-11(7-14(13)22-5-4-20-17(22)26)15(23)21-8-12-9-27-6-3-18(12,10-21)16(24)25/h1-2,7,12H,3-6,8-10H2,(H,20,26)(H,24,25)/t12-,18+/m0/s1. The van der Waals surface area contributed by atoms with Crippen molar-refractivity contribution < 1.29 is 24.2 Å². The highest BCUT2D eigenvalue weighted by Gasteiger charge is 2.55. The molecule has 4 rings (SSSR count). The number of benzene rings is 1. The number of rotatable bonds is 3. The minimum Gasteiger partial charge on any atom is -0.481 e. The molecule has 3 aliphatic heterocycles. The number of halogens is 1. The lowest BCUT2D eigenvalue weighted by Crippen LogP contribution is -2.45. The van der Waals surface area contributed by atoms with Crippen LogP contribution in [0.5, 0.6) is 0 Å². The number of urea groups is 1. The third kappa shape index (κ3) is 2.93. The molecule has 2 N–H and O–H groups in total. The number of likely N-dealkylation sites (tertiary alicyclic amines) is 1. The van der Waals surface area contributed by atoms with Crippen molar-refractivity contribution in [3.05, 3.63) is 28.8 Å². The van der Waals surface area contributed by atoms with Crippen molar-refractivity contribution in [3.8, 4) is 0 Å². The number of carbonyl (C=O) groups is 3. The minimum atomic E-state index is -0.946. The highest BCUT2D eigenvalue weighted by Crippen LogP contribution is 2.43. The summed E-state index contributed by atoms with van der Waals surface area (Å²) in [6, 6.07) is 4.54. The maximum atomic E-state index is 13.0. The summed E-state index contributed by atoms with van der Waals surface area (Å²) in [7, 11) is 0. The van der Waals surface area contributed by atoms with E-state index < -0.39 is 11.4 Å². The van der Waals surface area contributed by atoms with Gasteiger partial charge in [-0.1, -0.05) is 11.6 Å². The quantitative estimate of drug-likeness (QED) is 0.809. The number of ether oxygens (including phenoxy) is 1. The van der Waals surface area contributed by atoms with Gasteiger partial charge < -0.3 is 20.1 Å². The molecular weight excluding hydrogens is 374 g/mol. The van der Waals surface area contributed by atoms with E-state index in [0.717, 1.165) is 0 Å². The Kier molecular flexibility index (Phi) is 4.47. The Bertz CT molecular complexity index is 816. The van der Waals surface area contributed by atoms with E-state index in [1.165, 1.54) is 4.90 Å². The second-order valence-electron chi connectivity index (χ2n) is 7.22. The third-order valence-corrected chi connectivity index (χ3v) is 6.08. The van der Waals surface area contributed by atoms with Gasteiger partial charge in [-0.05, 0) is 24.6 Å². The van der Waals surface area contributed by atoms with E-state index in [1.807, 2.05) is 0 Å². The molecule has 0 radical (unpaired) electrons. The topological polar surface area (TPSA) is 99.2 Å². The average molecular weight is 394 g/mol. The molecule has 3 fully saturated rings. The summed E-state index contributed by atoms with van der Waals surface area (Å²) in [5.74, 6) is -1.36. The van der Waals surface area contributed by atoms with Crippen molar-refractivity contribution in [1.29, 1.82) is 0 Å². The van der Waals surface area contributed by atoms with Crippen LogP contribution >= 0.6 is 11.6 Å². The minimum absolute atomic E-state index is 0.164. The van der Waals surface area contributed by atoms with Crippen LogP contribution in [0.2, 0.25) is 5.02 Å². The van der Waals surface area contributed by atoms with Crippen LogP contribution < -0.4 is 10.2 Å². The number of carbonyl (C=O) groups excluding carboxylic acids is 2. The molecule has 3 amide bonds. The van der Waals surface area contributed by atoms with Gasteiger partial charge in [0.1, 0.15) is 0 Å². The molecule has 1 aromatic rings. The zero-order chi connectivity index (χ0) is 19.2. The van der Waals surface area contributed by atoms with Gasteiger partial charge in [-0.2, -0.15) is 0 Å². The van der Waals surface area contributed by atoms with Crippen LogP contribution in [0.1, 0.15) is 16.8 Å². The van der Waals surface area contributed by atoms with Crippen LogP contribution in [0, 0.1) is 11.3 Å². The molecule has 8 nitrogen and oxygen atoms in total. The summed E-state index contributed by atoms with van der Waals surface area (Å²) in [5.41, 5.74) is -0.0857. The molecule has 0 aliphatic carbocycles. The first-order valence-corrected chi connectivity index (χ1v) is 9.25. The Morgan fingerprint density at radius 3 is 2.85 bits per heavy atom. The van der Waals surface area contributed by atoms with Crippen molar-refractivity contribution in [1.82, 2.24) is 10.2 Å². The van der Waals surface area contributed by atoms with E-state index in [-0.39, 0.29) is 24.4 Å². The van der Waals surface area contributed by atoms with E-state index >= 15 is 0 Å². The fourth-order valence-corrected chi connectivity index (χ4v) is 4.41. The summed E-state index contributed by atoms with van der Waals surface area (Å²) in [6.45, 7) is 2.23. The van der Waals surface area contributed by atoms with Gasteiger partial charge >= 0.3 is 12.0 Å². The molecule has 0 aromatic heterocycles. The number of carboxylic acid groups (broad SMARTS) is 1. The molecule has 0 bridgehead atoms. The number of aliphatic carboxylic acids is 1. The van der Waals surface area contributed by atoms with Crippen molar-refractivity contribution in [2.45, 2.75) is 6.42 Å². The maximum absolute atomic E-state index is 13.0. The number of amides is 3. The Labute approximate surface area is 161 Å². The Balaban J connectivity index is 1.60. The molecule has 3 aliphatic rings. The van der Waals surface area contributed by atoms with Gasteiger partial charge in [-0.25, -0.2) is 4.79 Å². The van der Waals surface area contributed by atoms with Gasteiger partial charge in [0, 0.05) is 44.3 Å². The molecule has 2 atom stereocenters. The van der Waals surface area contributed by atoms with Gasteiger partial charge in [0.2, 0.25) is 0 Å². The van der Waals surface area contributed by atoms with Gasteiger partial charge in [0.25, 0.3) is 5.91 Å². The van der Waals surface area contributed by atoms with E-state index in [2.05, 4.69) is 5.32 Å². The molecule has 0 spiro atoms. The van der Waals surface area contributed by atoms with Crippen molar-refractivity contribution in [3.63, 3.8) is 0 Å². The van der Waals surface area contributed by atoms with E-state index in [1.54, 1.807) is 23.1 Å². The van der Waals surface area contributed by atoms with Crippen LogP contribution in [0.15, 0.2) is 18.2 Å². The number of carboxylic acids is 1. The molecule has 1 aromatic carbocycles. The summed E-state index contributed by atoms with van der Waals surface area (Å²) < 4.78 is 5.44. The summed E-state index contributed by atoms with van der Waals surface area (Å²) in [5, 5.41) is 12.8. The fraction of sp³-hybridized carbons (Fsp3) is 0.500. The SMILES string of the molecule is O=C(c1ccc(Cl)c(N2CCNC2=O)c1)N1C[C@H]2COCC[C@@]2(C(=O)O)C1. The first-order chi connectivity index (χ1) is 12.9. The van der Waals surface area contributed by atoms with Crippen LogP contribution in [0.25, 0.3) is 0 Å². The highest BCUT2D eigenvalue weighted by molar-refractivity contribution is 6.34. The van der Waals surface area contributed by atoms with E-state index in [9.17, 15) is 19.5 Å². The zero-order valence-corrected chi connectivity index (χ0v) is 15.4. The van der Waals surface area contributed by atoms with Crippen molar-refractivity contribution >= 4 is 35.2 Å². The predicted molar refractivity (Wildman–Crippen MR) is 97.1 cm³/mol. The number of nitrogens with zero attached hydrogens (tertiary/aromatic N) is 2. The molecular formula is C18H20ClN3O5. The average Bonchev–Trinajstić information content (AvgIpc) is 3.26. The number of anilines is 1. The smallest absolute Gasteiger partial charge is 0.322 e. The third-order valence-electron chi connectivity index (χ3n) is 5.76. The first kappa shape index (κ1) is 18.1. The lowest BCUT2D eigenvalue weighted by molar-refractivity contribution is -0.157. The molecule has 144 valence electrons. The number of nitrogens with one attached hydrogen (secondary N) is 1. The second-order valence-corrected chi connectivity index (χ2v) is 7.63. The van der Waals surface area contributed by atoms with Gasteiger partial charge in [-0.15, -0.1) is 0 Å². The van der Waals surface area contributed by atoms with Crippen LogP contribution in [-0.2, 0) is 9.53 Å². The Morgan fingerprint density at radius 1 is 1.37 bits per heavy atom. The van der Waals surface area contributed by atoms with Gasteiger partial charge in [0.15, 0.2) is 0 Å². The second kappa shape index (κ2) is 6.69. The lowest BCUT2D eigenvalue weighted by Gasteiger charge is -2.33. The summed E-state index contributed by atoms with van der Waals surface area (Å²) in [6.07, 6.45) is 0.399. The largest absolute Gasteiger partial charge is 0.481 e. The number of fused-ring (bicyclic) bond motifs is 1. The first-order valence-electron chi connectivity index (χ1n) is 8.88. The molecule has 27 heavy (non-hydrogen) atoms. The number of hydrogen-bond acceptors (Lipinski definition) is 4. The normalized spacial score (nSPS) is 27.4. The molecule has 0 saturated carbocycles. The highest BCUT2D eigenvalue weighted by atomic mass is 35.5. The van der Waals surface area contributed by atoms with Crippen LogP contribution in [-0.4, -0.2) is 67.3 Å². The maximum Gasteiger partial charge on any atom is 0.322 e. The van der Waals surface area contributed by atoms with E-state index in [4.69, 9.17) is 16.3 Å². The molecule has 3 saturated heterocycles. The Morgan fingerprint density at radius 2 is 2.19 bits per heavy atom. The van der Waals surface area contributed by atoms with Gasteiger partial charge in [-0.3, -0.25) is 14.5 Å². The van der Waals surface area contributed by atoms with Crippen LogP contribution in [0.4, 0.5) is 10.5 Å². The van der Waals surface area contributed by atoms with Gasteiger partial charge in [0.05, 0.1) is 22.7 Å². The van der Waals surface area contributed by atoms with E-state index in [0.29, 0.717) is 55.5 Å². The molecule has 3 heterocycles. The Hall–Kier alpha value is -2.32. The molecule has 9 heteroatoms. The lowest BCUT2D eigenvalue weighted by atomic mass is 9.74. The summed E-state index contributed by atoms with van der Waals surface area (Å²) >= 11 is 6.23. The van der Waals surface area contributed by atoms with Crippen molar-refractivity contribution in [2.75, 3.05) is 44.3 Å². The number of hydrogen-bond donors (Lipinski definition) is 2. The monoisotopic (exact) mass is 393 g/mol. The summed E-state index contributed by atoms with van der Waals surface area (Å²) in [4.78, 5) is 40.0. The van der Waals surface area contributed by atoms with Crippen LogP contribution in [0.3, 0.4) is 0 Å².